The van der Waals surface area contributed by atoms with Gasteiger partial charge in [-0.2, -0.15) is 0 Å². The molecule has 0 bridgehead atoms. The number of hydrogen-bond acceptors (Lipinski definition) is 2. The number of para-hydroxylation sites is 1. The Balaban J connectivity index is 0.000000970. The van der Waals surface area contributed by atoms with Crippen LogP contribution in [0.4, 0.5) is 18.9 Å². The normalized spacial score (nSPS) is 11.2. The molecule has 0 aliphatic rings. The Bertz CT molecular complexity index is 741. The fraction of sp³-hybridized carbons (Fsp3) is 0.235. The number of benzene rings is 2. The standard InChI is InChI=1S/C17H16F3NO.2ClH.Ti/c1-17(2,3)12-6-4-5-10(16(12)22)9-21-15-13(19)7-11(18)8-14(15)20;;;/h4-9,22H,1-3H3;2*1H;/q;;;+2/p-2. The predicted molar refractivity (Wildman–Crippen MR) is 92.1 cm³/mol. The molecule has 0 unspecified atom stereocenters. The van der Waals surface area contributed by atoms with Crippen molar-refractivity contribution >= 4 is 30.5 Å². The molecule has 0 fully saturated rings. The van der Waals surface area contributed by atoms with Gasteiger partial charge in [0.1, 0.15) is 17.3 Å². The zero-order chi connectivity index (χ0) is 19.2. The van der Waals surface area contributed by atoms with Crippen LogP contribution in [0.3, 0.4) is 0 Å². The fourth-order valence-electron chi connectivity index (χ4n) is 2.06. The van der Waals surface area contributed by atoms with Crippen LogP contribution in [0.1, 0.15) is 31.9 Å². The molecule has 8 heteroatoms. The number of aliphatic imine (C=N–C) groups is 1. The number of aromatic hydroxyl groups is 1. The van der Waals surface area contributed by atoms with E-state index in [9.17, 15) is 18.3 Å². The second-order valence-electron chi connectivity index (χ2n) is 6.04. The van der Waals surface area contributed by atoms with Gasteiger partial charge in [0.2, 0.25) is 0 Å². The van der Waals surface area contributed by atoms with Crippen LogP contribution in [0.5, 0.6) is 5.75 Å². The van der Waals surface area contributed by atoms with Gasteiger partial charge in [-0.05, 0) is 17.0 Å². The van der Waals surface area contributed by atoms with Gasteiger partial charge in [-0.3, -0.25) is 0 Å². The molecule has 0 aliphatic carbocycles. The van der Waals surface area contributed by atoms with Gasteiger partial charge in [-0.25, -0.2) is 18.2 Å². The van der Waals surface area contributed by atoms with Gasteiger partial charge >= 0.3 is 35.6 Å². The molecule has 0 amide bonds. The number of rotatable bonds is 2. The molecule has 0 aromatic heterocycles. The molecule has 0 saturated carbocycles. The van der Waals surface area contributed by atoms with Crippen molar-refractivity contribution < 1.29 is 35.3 Å². The van der Waals surface area contributed by atoms with Crippen LogP contribution < -0.4 is 0 Å². The number of phenolic OH excluding ortho intramolecular Hbond substituents is 1. The van der Waals surface area contributed by atoms with Crippen molar-refractivity contribution in [3.05, 3.63) is 58.9 Å². The number of hydrogen-bond donors (Lipinski definition) is 1. The van der Waals surface area contributed by atoms with Crippen molar-refractivity contribution in [1.29, 1.82) is 0 Å². The third-order valence-corrected chi connectivity index (χ3v) is 3.19. The minimum atomic E-state index is -1.10. The van der Waals surface area contributed by atoms with E-state index in [1.165, 1.54) is 0 Å². The predicted octanol–water partition coefficient (Wildman–Crippen LogP) is 6.23. The van der Waals surface area contributed by atoms with Crippen molar-refractivity contribution in [2.75, 3.05) is 0 Å². The quantitative estimate of drug-likeness (QED) is 0.448. The Hall–Kier alpha value is -1.01. The molecule has 2 aromatic carbocycles. The molecule has 0 atom stereocenters. The van der Waals surface area contributed by atoms with Crippen LogP contribution >= 0.6 is 18.6 Å². The molecule has 0 spiro atoms. The molecule has 2 nitrogen and oxygen atoms in total. The Kier molecular flexibility index (Phi) is 8.48. The van der Waals surface area contributed by atoms with Crippen LogP contribution in [0.2, 0.25) is 0 Å². The van der Waals surface area contributed by atoms with Crippen LogP contribution in [-0.4, -0.2) is 11.3 Å². The van der Waals surface area contributed by atoms with Gasteiger partial charge < -0.3 is 5.11 Å². The molecule has 0 saturated heterocycles. The van der Waals surface area contributed by atoms with Gasteiger partial charge in [0.25, 0.3) is 0 Å². The fourth-order valence-corrected chi connectivity index (χ4v) is 2.06. The van der Waals surface area contributed by atoms with E-state index in [1.807, 2.05) is 20.8 Å². The molecule has 0 aliphatic heterocycles. The summed E-state index contributed by atoms with van der Waals surface area (Å²) in [5.41, 5.74) is 0.134. The monoisotopic (exact) mass is 425 g/mol. The number of halogens is 5. The summed E-state index contributed by atoms with van der Waals surface area (Å²) in [6, 6.07) is 6.18. The maximum absolute atomic E-state index is 13.5. The van der Waals surface area contributed by atoms with Crippen molar-refractivity contribution in [3.63, 3.8) is 0 Å². The SMILES string of the molecule is CC(C)(C)c1cccc(C=Nc2c(F)cc(F)cc2F)c1O.[Cl][Ti][Cl]. The van der Waals surface area contributed by atoms with E-state index in [-0.39, 0.29) is 11.2 Å². The second-order valence-corrected chi connectivity index (χ2v) is 8.62. The molecule has 0 radical (unpaired) electrons. The first-order valence-corrected chi connectivity index (χ1v) is 11.4. The van der Waals surface area contributed by atoms with E-state index in [1.54, 1.807) is 18.2 Å². The van der Waals surface area contributed by atoms with E-state index >= 15 is 0 Å². The first-order chi connectivity index (χ1) is 11.6. The van der Waals surface area contributed by atoms with Gasteiger partial charge in [0.15, 0.2) is 11.6 Å². The first kappa shape index (κ1) is 22.0. The van der Waals surface area contributed by atoms with Crippen molar-refractivity contribution in [2.24, 2.45) is 4.99 Å². The summed E-state index contributed by atoms with van der Waals surface area (Å²) < 4.78 is 39.9. The minimum absolute atomic E-state index is 0.00155. The molecular weight excluding hydrogens is 410 g/mol. The van der Waals surface area contributed by atoms with Crippen molar-refractivity contribution in [3.8, 4) is 5.75 Å². The number of phenols is 1. The molecule has 2 rings (SSSR count). The summed E-state index contributed by atoms with van der Waals surface area (Å²) in [6.45, 7) is 5.80. The first-order valence-electron chi connectivity index (χ1n) is 7.09. The number of nitrogens with zero attached hydrogens (tertiary/aromatic N) is 1. The van der Waals surface area contributed by atoms with Gasteiger partial charge in [0, 0.05) is 23.9 Å². The van der Waals surface area contributed by atoms with Crippen molar-refractivity contribution in [2.45, 2.75) is 26.2 Å². The Morgan fingerprint density at radius 1 is 1.08 bits per heavy atom. The van der Waals surface area contributed by atoms with Crippen molar-refractivity contribution in [1.82, 2.24) is 0 Å². The Morgan fingerprint density at radius 3 is 2.08 bits per heavy atom. The topological polar surface area (TPSA) is 32.6 Å². The Morgan fingerprint density at radius 2 is 1.60 bits per heavy atom. The average molecular weight is 426 g/mol. The molecule has 0 heterocycles. The third kappa shape index (κ3) is 6.34. The van der Waals surface area contributed by atoms with Crippen LogP contribution in [0.15, 0.2) is 35.3 Å². The van der Waals surface area contributed by atoms with E-state index in [0.29, 0.717) is 23.3 Å². The second kappa shape index (κ2) is 9.63. The summed E-state index contributed by atoms with van der Waals surface area (Å²) in [5.74, 6) is -3.20. The third-order valence-electron chi connectivity index (χ3n) is 3.19. The van der Waals surface area contributed by atoms with E-state index < -0.39 is 40.2 Å². The van der Waals surface area contributed by atoms with E-state index in [4.69, 9.17) is 18.6 Å². The van der Waals surface area contributed by atoms with Crippen LogP contribution in [0.25, 0.3) is 0 Å². The van der Waals surface area contributed by atoms with E-state index in [0.717, 1.165) is 6.21 Å². The summed E-state index contributed by atoms with van der Waals surface area (Å²) in [5, 5.41) is 10.2. The molecule has 134 valence electrons. The maximum atomic E-state index is 13.5. The summed E-state index contributed by atoms with van der Waals surface area (Å²) in [7, 11) is 9.78. The Labute approximate surface area is 161 Å². The summed E-state index contributed by atoms with van der Waals surface area (Å²) >= 11 is -0.556. The van der Waals surface area contributed by atoms with Gasteiger partial charge in [-0.1, -0.05) is 32.9 Å². The van der Waals surface area contributed by atoms with Gasteiger partial charge in [0.05, 0.1) is 0 Å². The molecule has 25 heavy (non-hydrogen) atoms. The zero-order valence-electron chi connectivity index (χ0n) is 13.7. The molecular formula is C17H16Cl2F3NOTi. The van der Waals surface area contributed by atoms with E-state index in [2.05, 4.69) is 4.99 Å². The zero-order valence-corrected chi connectivity index (χ0v) is 16.8. The van der Waals surface area contributed by atoms with Crippen LogP contribution in [0, 0.1) is 17.5 Å². The molecule has 2 aromatic rings. The van der Waals surface area contributed by atoms with Crippen LogP contribution in [-0.2, 0) is 22.4 Å². The average Bonchev–Trinajstić information content (AvgIpc) is 2.47. The van der Waals surface area contributed by atoms with Gasteiger partial charge in [-0.15, -0.1) is 0 Å². The summed E-state index contributed by atoms with van der Waals surface area (Å²) in [6.07, 6.45) is 1.16. The molecule has 1 N–H and O–H groups in total. The summed E-state index contributed by atoms with van der Waals surface area (Å²) in [4.78, 5) is 3.70.